The van der Waals surface area contributed by atoms with E-state index >= 15 is 0 Å². The first-order valence-electron chi connectivity index (χ1n) is 6.90. The van der Waals surface area contributed by atoms with Crippen LogP contribution in [-0.2, 0) is 6.42 Å². The minimum Gasteiger partial charge on any atom is -0.333 e. The maximum Gasteiger partial charge on any atom is 0.256 e. The first kappa shape index (κ1) is 16.9. The van der Waals surface area contributed by atoms with Gasteiger partial charge in [0.1, 0.15) is 0 Å². The minimum absolute atomic E-state index is 0. The molecule has 0 aliphatic carbocycles. The van der Waals surface area contributed by atoms with Crippen LogP contribution in [0.25, 0.3) is 0 Å². The summed E-state index contributed by atoms with van der Waals surface area (Å²) in [5, 5.41) is 11.6. The summed E-state index contributed by atoms with van der Waals surface area (Å²) in [4.78, 5) is 14.7. The van der Waals surface area contributed by atoms with Gasteiger partial charge in [0.05, 0.1) is 17.0 Å². The zero-order valence-electron chi connectivity index (χ0n) is 12.5. The van der Waals surface area contributed by atoms with E-state index in [-0.39, 0.29) is 24.4 Å². The van der Waals surface area contributed by atoms with Crippen molar-refractivity contribution in [3.8, 4) is 0 Å². The number of carbonyl (C=O) groups excluding carboxylic acids is 1. The molecule has 20 heavy (non-hydrogen) atoms. The highest BCUT2D eigenvalue weighted by atomic mass is 35.5. The van der Waals surface area contributed by atoms with Crippen LogP contribution < -0.4 is 5.32 Å². The summed E-state index contributed by atoms with van der Waals surface area (Å²) in [5.41, 5.74) is 2.28. The number of rotatable bonds is 2. The van der Waals surface area contributed by atoms with Crippen LogP contribution in [0, 0.1) is 6.92 Å². The van der Waals surface area contributed by atoms with Crippen molar-refractivity contribution in [2.24, 2.45) is 0 Å². The Labute approximate surface area is 126 Å². The van der Waals surface area contributed by atoms with Crippen LogP contribution in [0.2, 0.25) is 0 Å². The SMILES string of the molecule is CCc1nnc(C)cc1C(=O)N1CC(C)NCC1C.Cl. The summed E-state index contributed by atoms with van der Waals surface area (Å²) in [6.07, 6.45) is 0.727. The van der Waals surface area contributed by atoms with Gasteiger partial charge in [-0.05, 0) is 33.3 Å². The Morgan fingerprint density at radius 1 is 1.45 bits per heavy atom. The van der Waals surface area contributed by atoms with E-state index < -0.39 is 0 Å². The Kier molecular flexibility index (Phi) is 5.89. The number of carbonyl (C=O) groups is 1. The van der Waals surface area contributed by atoms with Crippen molar-refractivity contribution in [3.63, 3.8) is 0 Å². The van der Waals surface area contributed by atoms with Crippen LogP contribution in [0.1, 0.15) is 42.5 Å². The number of halogens is 1. The quantitative estimate of drug-likeness (QED) is 0.901. The summed E-state index contributed by atoms with van der Waals surface area (Å²) in [6.45, 7) is 9.62. The molecule has 1 aromatic rings. The molecule has 6 heteroatoms. The molecule has 2 atom stereocenters. The Morgan fingerprint density at radius 2 is 2.15 bits per heavy atom. The third-order valence-electron chi connectivity index (χ3n) is 3.58. The highest BCUT2D eigenvalue weighted by molar-refractivity contribution is 5.95. The van der Waals surface area contributed by atoms with E-state index in [1.54, 1.807) is 0 Å². The highest BCUT2D eigenvalue weighted by Gasteiger charge is 2.28. The average molecular weight is 299 g/mol. The second-order valence-corrected chi connectivity index (χ2v) is 5.32. The lowest BCUT2D eigenvalue weighted by Crippen LogP contribution is -2.56. The first-order chi connectivity index (χ1) is 9.02. The van der Waals surface area contributed by atoms with Gasteiger partial charge in [0, 0.05) is 25.2 Å². The number of aryl methyl sites for hydroxylation is 2. The molecule has 0 bridgehead atoms. The Bertz CT molecular complexity index is 480. The summed E-state index contributed by atoms with van der Waals surface area (Å²) >= 11 is 0. The third-order valence-corrected chi connectivity index (χ3v) is 3.58. The summed E-state index contributed by atoms with van der Waals surface area (Å²) < 4.78 is 0. The van der Waals surface area contributed by atoms with E-state index in [4.69, 9.17) is 0 Å². The molecule has 1 fully saturated rings. The maximum absolute atomic E-state index is 12.7. The molecule has 1 amide bonds. The molecule has 1 aromatic heterocycles. The zero-order chi connectivity index (χ0) is 14.0. The van der Waals surface area contributed by atoms with Crippen LogP contribution >= 0.6 is 12.4 Å². The van der Waals surface area contributed by atoms with Crippen LogP contribution in [0.5, 0.6) is 0 Å². The molecule has 1 saturated heterocycles. The molecule has 2 heterocycles. The molecular formula is C14H23ClN4O. The fourth-order valence-electron chi connectivity index (χ4n) is 2.42. The molecule has 0 saturated carbocycles. The van der Waals surface area contributed by atoms with Crippen LogP contribution in [0.15, 0.2) is 6.07 Å². The standard InChI is InChI=1S/C14H22N4O.ClH/c1-5-13-12(6-9(2)16-17-13)14(19)18-8-10(3)15-7-11(18)4;/h6,10-11,15H,5,7-8H2,1-4H3;1H. The van der Waals surface area contributed by atoms with Gasteiger partial charge in [0.25, 0.3) is 5.91 Å². The molecule has 1 aliphatic rings. The Balaban J connectivity index is 0.00000200. The van der Waals surface area contributed by atoms with Crippen molar-refractivity contribution in [2.45, 2.75) is 46.2 Å². The van der Waals surface area contributed by atoms with Gasteiger partial charge in [-0.1, -0.05) is 6.92 Å². The summed E-state index contributed by atoms with van der Waals surface area (Å²) in [6, 6.07) is 2.40. The van der Waals surface area contributed by atoms with Crippen molar-refractivity contribution in [1.82, 2.24) is 20.4 Å². The van der Waals surface area contributed by atoms with Gasteiger partial charge in [-0.25, -0.2) is 0 Å². The predicted octanol–water partition coefficient (Wildman–Crippen LogP) is 1.59. The smallest absolute Gasteiger partial charge is 0.256 e. The van der Waals surface area contributed by atoms with Crippen LogP contribution in [0.3, 0.4) is 0 Å². The maximum atomic E-state index is 12.7. The molecule has 1 N–H and O–H groups in total. The van der Waals surface area contributed by atoms with E-state index in [0.29, 0.717) is 11.6 Å². The van der Waals surface area contributed by atoms with Gasteiger partial charge in [-0.2, -0.15) is 10.2 Å². The fourth-order valence-corrected chi connectivity index (χ4v) is 2.42. The van der Waals surface area contributed by atoms with E-state index in [9.17, 15) is 4.79 Å². The summed E-state index contributed by atoms with van der Waals surface area (Å²) in [5.74, 6) is 0.0794. The number of nitrogens with zero attached hydrogens (tertiary/aromatic N) is 3. The third kappa shape index (κ3) is 3.46. The Hall–Kier alpha value is -1.20. The second kappa shape index (κ2) is 6.99. The van der Waals surface area contributed by atoms with E-state index in [2.05, 4.69) is 29.4 Å². The van der Waals surface area contributed by atoms with Gasteiger partial charge in [-0.3, -0.25) is 4.79 Å². The zero-order valence-corrected chi connectivity index (χ0v) is 13.3. The van der Waals surface area contributed by atoms with Gasteiger partial charge >= 0.3 is 0 Å². The van der Waals surface area contributed by atoms with Gasteiger partial charge < -0.3 is 10.2 Å². The fraction of sp³-hybridized carbons (Fsp3) is 0.643. The number of piperazine rings is 1. The number of nitrogens with one attached hydrogen (secondary N) is 1. The molecule has 0 radical (unpaired) electrons. The molecule has 2 rings (SSSR count). The normalized spacial score (nSPS) is 22.3. The molecule has 0 spiro atoms. The monoisotopic (exact) mass is 298 g/mol. The average Bonchev–Trinajstić information content (AvgIpc) is 2.40. The lowest BCUT2D eigenvalue weighted by atomic mass is 10.1. The molecule has 5 nitrogen and oxygen atoms in total. The largest absolute Gasteiger partial charge is 0.333 e. The van der Waals surface area contributed by atoms with E-state index in [1.165, 1.54) is 0 Å². The first-order valence-corrected chi connectivity index (χ1v) is 6.90. The lowest BCUT2D eigenvalue weighted by Gasteiger charge is -2.37. The predicted molar refractivity (Wildman–Crippen MR) is 81.4 cm³/mol. The molecule has 1 aliphatic heterocycles. The van der Waals surface area contributed by atoms with Gasteiger partial charge in [0.15, 0.2) is 0 Å². The van der Waals surface area contributed by atoms with Crippen LogP contribution in [0.4, 0.5) is 0 Å². The molecule has 0 aromatic carbocycles. The van der Waals surface area contributed by atoms with Gasteiger partial charge in [0.2, 0.25) is 0 Å². The van der Waals surface area contributed by atoms with Crippen molar-refractivity contribution in [2.75, 3.05) is 13.1 Å². The molecule has 2 unspecified atom stereocenters. The van der Waals surface area contributed by atoms with Crippen molar-refractivity contribution >= 4 is 18.3 Å². The van der Waals surface area contributed by atoms with E-state index in [1.807, 2.05) is 24.8 Å². The number of hydrogen-bond donors (Lipinski definition) is 1. The molecule has 112 valence electrons. The minimum atomic E-state index is 0. The number of amides is 1. The van der Waals surface area contributed by atoms with Crippen molar-refractivity contribution < 1.29 is 4.79 Å². The van der Waals surface area contributed by atoms with Crippen molar-refractivity contribution in [3.05, 3.63) is 23.0 Å². The summed E-state index contributed by atoms with van der Waals surface area (Å²) in [7, 11) is 0. The van der Waals surface area contributed by atoms with Gasteiger partial charge in [-0.15, -0.1) is 12.4 Å². The van der Waals surface area contributed by atoms with Crippen LogP contribution in [-0.4, -0.2) is 46.2 Å². The topological polar surface area (TPSA) is 58.1 Å². The number of hydrogen-bond acceptors (Lipinski definition) is 4. The Morgan fingerprint density at radius 3 is 2.80 bits per heavy atom. The van der Waals surface area contributed by atoms with E-state index in [0.717, 1.165) is 30.9 Å². The van der Waals surface area contributed by atoms with Crippen molar-refractivity contribution in [1.29, 1.82) is 0 Å². The molecular weight excluding hydrogens is 276 g/mol. The number of aromatic nitrogens is 2. The lowest BCUT2D eigenvalue weighted by molar-refractivity contribution is 0.0614. The highest BCUT2D eigenvalue weighted by Crippen LogP contribution is 2.15. The second-order valence-electron chi connectivity index (χ2n) is 5.32.